The van der Waals surface area contributed by atoms with Gasteiger partial charge in [0.2, 0.25) is 0 Å². The highest BCUT2D eigenvalue weighted by Crippen LogP contribution is 2.38. The Morgan fingerprint density at radius 1 is 1.62 bits per heavy atom. The average Bonchev–Trinajstić information content (AvgIpc) is 2.00. The minimum atomic E-state index is -3.37. The number of rotatable bonds is 3. The molecule has 0 aromatic rings. The fraction of sp³-hybridized carbons (Fsp3) is 1.00. The first kappa shape index (κ1) is 11.2. The molecule has 1 fully saturated rings. The molecule has 0 radical (unpaired) electrons. The first-order valence-corrected chi connectivity index (χ1v) is 6.59. The van der Waals surface area contributed by atoms with E-state index in [1.54, 1.807) is 0 Å². The van der Waals surface area contributed by atoms with Crippen molar-refractivity contribution in [3.8, 4) is 0 Å². The lowest BCUT2D eigenvalue weighted by Gasteiger charge is -2.24. The lowest BCUT2D eigenvalue weighted by atomic mass is 9.89. The van der Waals surface area contributed by atoms with Crippen molar-refractivity contribution >= 4 is 7.60 Å². The quantitative estimate of drug-likeness (QED) is 0.727. The van der Waals surface area contributed by atoms with Gasteiger partial charge < -0.3 is 9.42 Å². The van der Waals surface area contributed by atoms with Crippen LogP contribution in [-0.2, 0) is 9.09 Å². The number of hydrogen-bond donors (Lipinski definition) is 1. The second-order valence-corrected chi connectivity index (χ2v) is 5.59. The molecule has 78 valence electrons. The van der Waals surface area contributed by atoms with Gasteiger partial charge in [-0.05, 0) is 25.2 Å². The van der Waals surface area contributed by atoms with Crippen LogP contribution in [0.4, 0.5) is 4.39 Å². The summed E-state index contributed by atoms with van der Waals surface area (Å²) in [6.07, 6.45) is 2.10. The third-order valence-corrected chi connectivity index (χ3v) is 2.90. The van der Waals surface area contributed by atoms with Crippen LogP contribution in [0.25, 0.3) is 0 Å². The summed E-state index contributed by atoms with van der Waals surface area (Å²) >= 11 is 0. The molecule has 0 amide bonds. The zero-order valence-corrected chi connectivity index (χ0v) is 8.67. The Morgan fingerprint density at radius 3 is 2.85 bits per heavy atom. The van der Waals surface area contributed by atoms with Crippen LogP contribution in [-0.4, -0.2) is 24.3 Å². The van der Waals surface area contributed by atoms with Gasteiger partial charge in [-0.25, -0.2) is 4.39 Å². The van der Waals surface area contributed by atoms with E-state index in [2.05, 4.69) is 0 Å². The molecule has 3 unspecified atom stereocenters. The van der Waals surface area contributed by atoms with Crippen molar-refractivity contribution in [3.05, 3.63) is 0 Å². The van der Waals surface area contributed by atoms with Gasteiger partial charge in [-0.15, -0.1) is 0 Å². The van der Waals surface area contributed by atoms with Gasteiger partial charge in [0.1, 0.15) is 6.17 Å². The van der Waals surface area contributed by atoms with E-state index in [9.17, 15) is 8.96 Å². The van der Waals surface area contributed by atoms with Gasteiger partial charge in [0.05, 0.1) is 6.61 Å². The molecule has 0 heterocycles. The molecule has 0 spiro atoms. The average molecular weight is 210 g/mol. The molecule has 13 heavy (non-hydrogen) atoms. The summed E-state index contributed by atoms with van der Waals surface area (Å²) in [5.74, 6) is 0.115. The van der Waals surface area contributed by atoms with Gasteiger partial charge in [-0.1, -0.05) is 6.42 Å². The maximum absolute atomic E-state index is 12.9. The molecule has 0 aliphatic heterocycles. The molecule has 5 heteroatoms. The van der Waals surface area contributed by atoms with E-state index in [4.69, 9.17) is 9.42 Å². The van der Waals surface area contributed by atoms with Crippen molar-refractivity contribution in [1.29, 1.82) is 0 Å². The SMILES string of the molecule is CP(=O)(O)OCC1CCCC(F)C1. The van der Waals surface area contributed by atoms with Crippen molar-refractivity contribution in [2.75, 3.05) is 13.3 Å². The molecule has 3 atom stereocenters. The number of halogens is 1. The van der Waals surface area contributed by atoms with Crippen molar-refractivity contribution in [2.45, 2.75) is 31.9 Å². The second-order valence-electron chi connectivity index (χ2n) is 3.73. The Kier molecular flexibility index (Phi) is 3.89. The summed E-state index contributed by atoms with van der Waals surface area (Å²) in [5.41, 5.74) is 0. The van der Waals surface area contributed by atoms with E-state index >= 15 is 0 Å². The van der Waals surface area contributed by atoms with Crippen LogP contribution in [0, 0.1) is 5.92 Å². The molecule has 1 rings (SSSR count). The Balaban J connectivity index is 2.25. The van der Waals surface area contributed by atoms with Gasteiger partial charge in [-0.2, -0.15) is 0 Å². The first-order valence-electron chi connectivity index (χ1n) is 4.56. The van der Waals surface area contributed by atoms with Gasteiger partial charge in [0.25, 0.3) is 0 Å². The summed E-state index contributed by atoms with van der Waals surface area (Å²) in [5, 5.41) is 0. The summed E-state index contributed by atoms with van der Waals surface area (Å²) in [4.78, 5) is 8.85. The van der Waals surface area contributed by atoms with E-state index in [0.29, 0.717) is 12.8 Å². The van der Waals surface area contributed by atoms with Crippen LogP contribution in [0.3, 0.4) is 0 Å². The van der Waals surface area contributed by atoms with Crippen molar-refractivity contribution in [2.24, 2.45) is 5.92 Å². The van der Waals surface area contributed by atoms with Gasteiger partial charge in [0, 0.05) is 6.66 Å². The normalized spacial score (nSPS) is 34.1. The van der Waals surface area contributed by atoms with Gasteiger partial charge in [0.15, 0.2) is 0 Å². The summed E-state index contributed by atoms with van der Waals surface area (Å²) in [7, 11) is -3.37. The first-order chi connectivity index (χ1) is 5.97. The fourth-order valence-corrected chi connectivity index (χ4v) is 2.11. The fourth-order valence-electron chi connectivity index (χ4n) is 1.62. The number of alkyl halides is 1. The second kappa shape index (κ2) is 4.54. The predicted molar refractivity (Wildman–Crippen MR) is 48.6 cm³/mol. The highest BCUT2D eigenvalue weighted by molar-refractivity contribution is 7.51. The van der Waals surface area contributed by atoms with E-state index in [1.165, 1.54) is 0 Å². The molecule has 1 N–H and O–H groups in total. The molecule has 0 aromatic carbocycles. The van der Waals surface area contributed by atoms with Crippen molar-refractivity contribution < 1.29 is 18.4 Å². The van der Waals surface area contributed by atoms with Crippen LogP contribution in [0.1, 0.15) is 25.7 Å². The van der Waals surface area contributed by atoms with Crippen LogP contribution < -0.4 is 0 Å². The third-order valence-electron chi connectivity index (χ3n) is 2.27. The molecule has 0 bridgehead atoms. The third kappa shape index (κ3) is 4.75. The Morgan fingerprint density at radius 2 is 2.31 bits per heavy atom. The monoisotopic (exact) mass is 210 g/mol. The Labute approximate surface area is 77.8 Å². The van der Waals surface area contributed by atoms with Gasteiger partial charge >= 0.3 is 7.60 Å². The molecular weight excluding hydrogens is 194 g/mol. The molecule has 0 saturated heterocycles. The van der Waals surface area contributed by atoms with Crippen LogP contribution in [0.2, 0.25) is 0 Å². The molecule has 0 aromatic heterocycles. The predicted octanol–water partition coefficient (Wildman–Crippen LogP) is 2.35. The summed E-state index contributed by atoms with van der Waals surface area (Å²) in [6, 6.07) is 0. The lowest BCUT2D eigenvalue weighted by molar-refractivity contribution is 0.139. The van der Waals surface area contributed by atoms with E-state index < -0.39 is 13.8 Å². The highest BCUT2D eigenvalue weighted by atomic mass is 31.2. The topological polar surface area (TPSA) is 46.5 Å². The van der Waals surface area contributed by atoms with E-state index in [0.717, 1.165) is 19.5 Å². The molecule has 1 aliphatic rings. The Bertz CT molecular complexity index is 204. The smallest absolute Gasteiger partial charge is 0.324 e. The zero-order valence-electron chi connectivity index (χ0n) is 7.78. The van der Waals surface area contributed by atoms with Crippen molar-refractivity contribution in [1.82, 2.24) is 0 Å². The van der Waals surface area contributed by atoms with Gasteiger partial charge in [-0.3, -0.25) is 4.57 Å². The van der Waals surface area contributed by atoms with Crippen LogP contribution in [0.15, 0.2) is 0 Å². The van der Waals surface area contributed by atoms with Crippen LogP contribution in [0.5, 0.6) is 0 Å². The maximum Gasteiger partial charge on any atom is 0.325 e. The summed E-state index contributed by atoms with van der Waals surface area (Å²) in [6.45, 7) is 1.37. The lowest BCUT2D eigenvalue weighted by Crippen LogP contribution is -2.19. The molecular formula is C8H16FO3P. The van der Waals surface area contributed by atoms with Crippen molar-refractivity contribution in [3.63, 3.8) is 0 Å². The number of hydrogen-bond acceptors (Lipinski definition) is 2. The summed E-state index contributed by atoms with van der Waals surface area (Å²) < 4.78 is 28.4. The molecule has 1 saturated carbocycles. The minimum absolute atomic E-state index is 0.115. The zero-order chi connectivity index (χ0) is 9.90. The van der Waals surface area contributed by atoms with Crippen LogP contribution >= 0.6 is 7.60 Å². The van der Waals surface area contributed by atoms with E-state index in [-0.39, 0.29) is 12.5 Å². The molecule has 3 nitrogen and oxygen atoms in total. The van der Waals surface area contributed by atoms with E-state index in [1.807, 2.05) is 0 Å². The Hall–Kier alpha value is 0.0800. The standard InChI is InChI=1S/C8H16FO3P/c1-13(10,11)12-6-7-3-2-4-8(9)5-7/h7-8H,2-6H2,1H3,(H,10,11). The largest absolute Gasteiger partial charge is 0.325 e. The highest BCUT2D eigenvalue weighted by Gasteiger charge is 2.23. The maximum atomic E-state index is 12.9. The minimum Gasteiger partial charge on any atom is -0.324 e. The molecule has 1 aliphatic carbocycles.